The van der Waals surface area contributed by atoms with E-state index in [1.165, 1.54) is 12.1 Å². The van der Waals surface area contributed by atoms with Gasteiger partial charge in [0.05, 0.1) is 17.7 Å². The van der Waals surface area contributed by atoms with Gasteiger partial charge in [0, 0.05) is 6.54 Å². The van der Waals surface area contributed by atoms with E-state index in [-0.39, 0.29) is 31.1 Å². The topological polar surface area (TPSA) is 59.0 Å². The Kier molecular flexibility index (Phi) is 3.61. The van der Waals surface area contributed by atoms with Crippen LogP contribution < -0.4 is 9.47 Å². The Labute approximate surface area is 138 Å². The Morgan fingerprint density at radius 3 is 2.75 bits per heavy atom. The number of hydrogen-bond donors (Lipinski definition) is 1. The molecule has 2 aromatic rings. The minimum Gasteiger partial charge on any atom is -0.454 e. The van der Waals surface area contributed by atoms with Gasteiger partial charge >= 0.3 is 0 Å². The molecule has 1 N–H and O–H groups in total. The lowest BCUT2D eigenvalue weighted by Gasteiger charge is -2.25. The second kappa shape index (κ2) is 5.79. The van der Waals surface area contributed by atoms with Crippen molar-refractivity contribution in [1.29, 1.82) is 0 Å². The van der Waals surface area contributed by atoms with Gasteiger partial charge in [0.1, 0.15) is 5.82 Å². The lowest BCUT2D eigenvalue weighted by Crippen LogP contribution is -2.32. The molecule has 2 atom stereocenters. The van der Waals surface area contributed by atoms with Crippen molar-refractivity contribution in [3.8, 4) is 11.5 Å². The van der Waals surface area contributed by atoms with Gasteiger partial charge in [-0.25, -0.2) is 4.39 Å². The summed E-state index contributed by atoms with van der Waals surface area (Å²) in [5, 5.41) is 10.1. The molecule has 0 aromatic heterocycles. The second-order valence-corrected chi connectivity index (χ2v) is 5.95. The zero-order valence-corrected chi connectivity index (χ0v) is 12.8. The van der Waals surface area contributed by atoms with Crippen LogP contribution in [0, 0.1) is 5.82 Å². The number of rotatable bonds is 2. The normalized spacial score (nSPS) is 22.0. The number of carbonyl (C=O) groups is 1. The molecular weight excluding hydrogens is 313 g/mol. The van der Waals surface area contributed by atoms with E-state index in [2.05, 4.69) is 0 Å². The van der Waals surface area contributed by atoms with Gasteiger partial charge in [-0.2, -0.15) is 0 Å². The molecule has 0 spiro atoms. The van der Waals surface area contributed by atoms with Crippen LogP contribution in [0.5, 0.6) is 11.5 Å². The number of hydrogen-bond acceptors (Lipinski definition) is 4. The Morgan fingerprint density at radius 1 is 1.17 bits per heavy atom. The highest BCUT2D eigenvalue weighted by atomic mass is 19.1. The highest BCUT2D eigenvalue weighted by Gasteiger charge is 2.37. The molecule has 1 amide bonds. The van der Waals surface area contributed by atoms with Crippen LogP contribution in [-0.4, -0.2) is 35.4 Å². The molecule has 6 heteroatoms. The van der Waals surface area contributed by atoms with Crippen LogP contribution in [0.4, 0.5) is 4.39 Å². The van der Waals surface area contributed by atoms with Crippen molar-refractivity contribution in [3.05, 3.63) is 59.4 Å². The third-order valence-electron chi connectivity index (χ3n) is 4.42. The molecule has 0 radical (unpaired) electrons. The van der Waals surface area contributed by atoms with Crippen LogP contribution in [0.15, 0.2) is 42.5 Å². The summed E-state index contributed by atoms with van der Waals surface area (Å²) in [6, 6.07) is 10.9. The largest absolute Gasteiger partial charge is 0.454 e. The summed E-state index contributed by atoms with van der Waals surface area (Å²) in [5.41, 5.74) is 1.21. The van der Waals surface area contributed by atoms with Crippen LogP contribution in [0.1, 0.15) is 28.4 Å². The highest BCUT2D eigenvalue weighted by molar-refractivity contribution is 5.98. The first-order valence-corrected chi connectivity index (χ1v) is 7.76. The first kappa shape index (κ1) is 15.0. The molecule has 24 heavy (non-hydrogen) atoms. The second-order valence-electron chi connectivity index (χ2n) is 5.95. The maximum atomic E-state index is 13.2. The van der Waals surface area contributed by atoms with Gasteiger partial charge in [-0.05, 0) is 36.2 Å². The van der Waals surface area contributed by atoms with Gasteiger partial charge in [-0.15, -0.1) is 0 Å². The molecule has 5 nitrogen and oxygen atoms in total. The predicted molar refractivity (Wildman–Crippen MR) is 83.4 cm³/mol. The van der Waals surface area contributed by atoms with Crippen molar-refractivity contribution < 1.29 is 23.8 Å². The third kappa shape index (κ3) is 2.49. The zero-order chi connectivity index (χ0) is 16.7. The van der Waals surface area contributed by atoms with E-state index in [0.717, 1.165) is 5.56 Å². The monoisotopic (exact) mass is 329 g/mol. The van der Waals surface area contributed by atoms with Gasteiger partial charge < -0.3 is 19.5 Å². The number of halogens is 1. The molecule has 0 bridgehead atoms. The number of benzene rings is 2. The minimum absolute atomic E-state index is 0.0869. The zero-order valence-electron chi connectivity index (χ0n) is 12.8. The minimum atomic E-state index is -0.613. The smallest absolute Gasteiger partial charge is 0.258 e. The molecule has 4 rings (SSSR count). The number of aliphatic hydroxyl groups excluding tert-OH is 1. The number of para-hydroxylation sites is 1. The number of fused-ring (bicyclic) bond motifs is 1. The molecule has 2 aliphatic heterocycles. The first-order chi connectivity index (χ1) is 11.6. The van der Waals surface area contributed by atoms with Gasteiger partial charge in [-0.3, -0.25) is 4.79 Å². The molecule has 1 fully saturated rings. The fourth-order valence-electron chi connectivity index (χ4n) is 3.29. The summed E-state index contributed by atoms with van der Waals surface area (Å²) >= 11 is 0. The average Bonchev–Trinajstić information content (AvgIpc) is 3.21. The summed E-state index contributed by atoms with van der Waals surface area (Å²) in [5.74, 6) is 0.408. The Hall–Kier alpha value is -2.60. The molecule has 2 aromatic carbocycles. The van der Waals surface area contributed by atoms with Gasteiger partial charge in [0.15, 0.2) is 11.5 Å². The van der Waals surface area contributed by atoms with Crippen LogP contribution in [0.3, 0.4) is 0 Å². The van der Waals surface area contributed by atoms with Crippen molar-refractivity contribution in [2.24, 2.45) is 0 Å². The number of ether oxygens (including phenoxy) is 2. The Morgan fingerprint density at radius 2 is 1.96 bits per heavy atom. The van der Waals surface area contributed by atoms with Crippen molar-refractivity contribution in [2.75, 3.05) is 13.3 Å². The number of aliphatic hydroxyl groups is 1. The molecular formula is C18H16FNO4. The van der Waals surface area contributed by atoms with Crippen LogP contribution in [0.2, 0.25) is 0 Å². The number of carbonyl (C=O) groups excluding carboxylic acids is 1. The van der Waals surface area contributed by atoms with E-state index in [1.807, 2.05) is 0 Å². The molecule has 2 aliphatic rings. The van der Waals surface area contributed by atoms with Crippen molar-refractivity contribution in [1.82, 2.24) is 4.90 Å². The first-order valence-electron chi connectivity index (χ1n) is 7.76. The maximum Gasteiger partial charge on any atom is 0.258 e. The van der Waals surface area contributed by atoms with E-state index in [9.17, 15) is 14.3 Å². The van der Waals surface area contributed by atoms with Gasteiger partial charge in [0.2, 0.25) is 6.79 Å². The summed E-state index contributed by atoms with van der Waals surface area (Å²) in [4.78, 5) is 14.6. The molecule has 124 valence electrons. The van der Waals surface area contributed by atoms with Crippen molar-refractivity contribution in [2.45, 2.75) is 18.6 Å². The molecule has 1 saturated heterocycles. The Balaban J connectivity index is 1.68. The number of β-amino-alcohol motifs (C(OH)–C–C–N with tert-alkyl or cyclic N) is 1. The number of nitrogens with zero attached hydrogens (tertiary/aromatic N) is 1. The van der Waals surface area contributed by atoms with Crippen molar-refractivity contribution in [3.63, 3.8) is 0 Å². The summed E-state index contributed by atoms with van der Waals surface area (Å²) in [6.45, 7) is 0.315. The van der Waals surface area contributed by atoms with E-state index in [0.29, 0.717) is 23.5 Å². The fraction of sp³-hybridized carbons (Fsp3) is 0.278. The van der Waals surface area contributed by atoms with Crippen molar-refractivity contribution >= 4 is 5.91 Å². The van der Waals surface area contributed by atoms with Crippen LogP contribution >= 0.6 is 0 Å². The third-order valence-corrected chi connectivity index (χ3v) is 4.42. The SMILES string of the molecule is O=C(c1cccc2c1OCO2)N1CC(O)CC1c1ccc(F)cc1. The van der Waals surface area contributed by atoms with Gasteiger partial charge in [-0.1, -0.05) is 18.2 Å². The standard InChI is InChI=1S/C18H16FNO4/c19-12-6-4-11(5-7-12)15-8-13(21)9-20(15)18(22)14-2-1-3-16-17(14)24-10-23-16/h1-7,13,15,21H,8-10H2. The van der Waals surface area contributed by atoms with Crippen LogP contribution in [0.25, 0.3) is 0 Å². The summed E-state index contributed by atoms with van der Waals surface area (Å²) in [7, 11) is 0. The Bertz CT molecular complexity index is 777. The number of likely N-dealkylation sites (tertiary alicyclic amines) is 1. The summed E-state index contributed by atoms with van der Waals surface area (Å²) in [6.07, 6.45) is -0.193. The van der Waals surface area contributed by atoms with E-state index in [4.69, 9.17) is 9.47 Å². The molecule has 0 saturated carbocycles. The highest BCUT2D eigenvalue weighted by Crippen LogP contribution is 2.39. The molecule has 2 heterocycles. The van der Waals surface area contributed by atoms with Crippen LogP contribution in [-0.2, 0) is 0 Å². The molecule has 0 aliphatic carbocycles. The van der Waals surface area contributed by atoms with E-state index in [1.54, 1.807) is 35.2 Å². The predicted octanol–water partition coefficient (Wildman–Crippen LogP) is 2.50. The fourth-order valence-corrected chi connectivity index (χ4v) is 3.29. The average molecular weight is 329 g/mol. The van der Waals surface area contributed by atoms with E-state index < -0.39 is 6.10 Å². The van der Waals surface area contributed by atoms with E-state index >= 15 is 0 Å². The quantitative estimate of drug-likeness (QED) is 0.920. The molecule has 2 unspecified atom stereocenters. The maximum absolute atomic E-state index is 13.2. The van der Waals surface area contributed by atoms with Gasteiger partial charge in [0.25, 0.3) is 5.91 Å². The summed E-state index contributed by atoms with van der Waals surface area (Å²) < 4.78 is 23.9. The lowest BCUT2D eigenvalue weighted by atomic mass is 10.0. The number of amides is 1. The lowest BCUT2D eigenvalue weighted by molar-refractivity contribution is 0.0711.